The molecule has 0 saturated carbocycles. The Hall–Kier alpha value is -1.06. The molecule has 0 unspecified atom stereocenters. The molecule has 1 aromatic carbocycles. The second-order valence-corrected chi connectivity index (χ2v) is 4.22. The summed E-state index contributed by atoms with van der Waals surface area (Å²) < 4.78 is 5.60. The van der Waals surface area contributed by atoms with Gasteiger partial charge in [-0.1, -0.05) is 19.1 Å². The molecule has 0 aliphatic heterocycles. The van der Waals surface area contributed by atoms with Gasteiger partial charge in [-0.2, -0.15) is 0 Å². The molecule has 17 heavy (non-hydrogen) atoms. The lowest BCUT2D eigenvalue weighted by molar-refractivity contribution is 0.266. The van der Waals surface area contributed by atoms with E-state index < -0.39 is 0 Å². The molecular weight excluding hydrogens is 214 g/mol. The highest BCUT2D eigenvalue weighted by molar-refractivity contribution is 5.28. The molecule has 3 nitrogen and oxygen atoms in total. The van der Waals surface area contributed by atoms with Crippen molar-refractivity contribution in [2.24, 2.45) is 5.73 Å². The number of aliphatic hydroxyl groups is 1. The van der Waals surface area contributed by atoms with Crippen LogP contribution in [0.5, 0.6) is 5.75 Å². The zero-order valence-electron chi connectivity index (χ0n) is 10.6. The summed E-state index contributed by atoms with van der Waals surface area (Å²) in [6, 6.07) is 8.11. The largest absolute Gasteiger partial charge is 0.494 e. The maximum atomic E-state index is 8.64. The number of benzene rings is 1. The van der Waals surface area contributed by atoms with Crippen LogP contribution in [-0.2, 0) is 0 Å². The van der Waals surface area contributed by atoms with Gasteiger partial charge in [0.15, 0.2) is 0 Å². The molecule has 0 aromatic heterocycles. The minimum atomic E-state index is 0.119. The van der Waals surface area contributed by atoms with Gasteiger partial charge in [0, 0.05) is 12.6 Å². The van der Waals surface area contributed by atoms with Crippen LogP contribution < -0.4 is 10.5 Å². The van der Waals surface area contributed by atoms with Crippen LogP contribution in [0.15, 0.2) is 24.3 Å². The second-order valence-electron chi connectivity index (χ2n) is 4.22. The van der Waals surface area contributed by atoms with Gasteiger partial charge in [-0.3, -0.25) is 0 Å². The molecule has 0 aliphatic rings. The van der Waals surface area contributed by atoms with Crippen molar-refractivity contribution in [3.8, 4) is 5.75 Å². The van der Waals surface area contributed by atoms with Crippen LogP contribution >= 0.6 is 0 Å². The lowest BCUT2D eigenvalue weighted by atomic mass is 10.1. The summed E-state index contributed by atoms with van der Waals surface area (Å²) in [6.07, 6.45) is 3.79. The Labute approximate surface area is 104 Å². The first-order valence-electron chi connectivity index (χ1n) is 6.37. The van der Waals surface area contributed by atoms with Crippen LogP contribution in [-0.4, -0.2) is 18.3 Å². The van der Waals surface area contributed by atoms with Crippen molar-refractivity contribution in [2.45, 2.75) is 38.6 Å². The summed E-state index contributed by atoms with van der Waals surface area (Å²) in [6.45, 7) is 3.05. The molecule has 0 amide bonds. The van der Waals surface area contributed by atoms with E-state index in [2.05, 4.69) is 6.92 Å². The highest BCUT2D eigenvalue weighted by Crippen LogP contribution is 2.18. The highest BCUT2D eigenvalue weighted by Gasteiger charge is 2.02. The monoisotopic (exact) mass is 237 g/mol. The van der Waals surface area contributed by atoms with E-state index in [0.29, 0.717) is 6.61 Å². The van der Waals surface area contributed by atoms with Gasteiger partial charge in [-0.25, -0.2) is 0 Å². The Morgan fingerprint density at radius 1 is 1.18 bits per heavy atom. The van der Waals surface area contributed by atoms with Gasteiger partial charge in [0.2, 0.25) is 0 Å². The molecule has 3 N–H and O–H groups in total. The van der Waals surface area contributed by atoms with Gasteiger partial charge in [0.05, 0.1) is 6.61 Å². The molecule has 0 heterocycles. The van der Waals surface area contributed by atoms with E-state index in [1.165, 1.54) is 0 Å². The molecule has 0 radical (unpaired) electrons. The Morgan fingerprint density at radius 2 is 1.88 bits per heavy atom. The Kier molecular flexibility index (Phi) is 6.67. The third kappa shape index (κ3) is 5.20. The fraction of sp³-hybridized carbons (Fsp3) is 0.571. The minimum Gasteiger partial charge on any atom is -0.494 e. The van der Waals surface area contributed by atoms with Crippen molar-refractivity contribution in [1.29, 1.82) is 0 Å². The molecule has 1 atom stereocenters. The SMILES string of the molecule is CC[C@@H](N)c1ccc(OCCCCCO)cc1. The van der Waals surface area contributed by atoms with Crippen molar-refractivity contribution in [3.63, 3.8) is 0 Å². The number of unbranched alkanes of at least 4 members (excludes halogenated alkanes) is 2. The van der Waals surface area contributed by atoms with Gasteiger partial charge < -0.3 is 15.6 Å². The summed E-state index contributed by atoms with van der Waals surface area (Å²) in [5, 5.41) is 8.64. The molecule has 0 fully saturated rings. The molecule has 1 aromatic rings. The first-order chi connectivity index (χ1) is 8.27. The minimum absolute atomic E-state index is 0.119. The van der Waals surface area contributed by atoms with E-state index in [9.17, 15) is 0 Å². The predicted molar refractivity (Wildman–Crippen MR) is 70.1 cm³/mol. The van der Waals surface area contributed by atoms with Crippen LogP contribution in [0.25, 0.3) is 0 Å². The molecule has 3 heteroatoms. The van der Waals surface area contributed by atoms with Gasteiger partial charge in [-0.15, -0.1) is 0 Å². The van der Waals surface area contributed by atoms with Crippen molar-refractivity contribution in [3.05, 3.63) is 29.8 Å². The molecule has 96 valence electrons. The van der Waals surface area contributed by atoms with Crippen molar-refractivity contribution < 1.29 is 9.84 Å². The van der Waals surface area contributed by atoms with E-state index in [4.69, 9.17) is 15.6 Å². The first kappa shape index (κ1) is 14.0. The Balaban J connectivity index is 2.30. The molecule has 0 aliphatic carbocycles. The maximum absolute atomic E-state index is 8.64. The molecule has 0 saturated heterocycles. The normalized spacial score (nSPS) is 12.4. The van der Waals surface area contributed by atoms with E-state index in [-0.39, 0.29) is 12.6 Å². The number of nitrogens with two attached hydrogens (primary N) is 1. The molecular formula is C14H23NO2. The zero-order valence-corrected chi connectivity index (χ0v) is 10.6. The van der Waals surface area contributed by atoms with Crippen LogP contribution in [0, 0.1) is 0 Å². The molecule has 0 spiro atoms. The number of hydrogen-bond acceptors (Lipinski definition) is 3. The highest BCUT2D eigenvalue weighted by atomic mass is 16.5. The van der Waals surface area contributed by atoms with E-state index in [1.54, 1.807) is 0 Å². The van der Waals surface area contributed by atoms with Crippen LogP contribution in [0.2, 0.25) is 0 Å². The molecule has 1 rings (SSSR count). The number of rotatable bonds is 8. The standard InChI is InChI=1S/C14H23NO2/c1-2-14(15)12-6-8-13(9-7-12)17-11-5-3-4-10-16/h6-9,14,16H,2-5,10-11,15H2,1H3/t14-/m1/s1. The number of ether oxygens (including phenoxy) is 1. The molecule has 0 bridgehead atoms. The summed E-state index contributed by atoms with van der Waals surface area (Å²) >= 11 is 0. The second kappa shape index (κ2) is 8.09. The topological polar surface area (TPSA) is 55.5 Å². The van der Waals surface area contributed by atoms with Gasteiger partial charge >= 0.3 is 0 Å². The summed E-state index contributed by atoms with van der Waals surface area (Å²) in [4.78, 5) is 0. The Bertz CT molecular complexity index is 298. The summed E-state index contributed by atoms with van der Waals surface area (Å²) in [7, 11) is 0. The van der Waals surface area contributed by atoms with Gasteiger partial charge in [-0.05, 0) is 43.4 Å². The number of aliphatic hydroxyl groups excluding tert-OH is 1. The average Bonchev–Trinajstić information content (AvgIpc) is 2.38. The number of hydrogen-bond donors (Lipinski definition) is 2. The van der Waals surface area contributed by atoms with Crippen molar-refractivity contribution in [2.75, 3.05) is 13.2 Å². The first-order valence-corrected chi connectivity index (χ1v) is 6.37. The van der Waals surface area contributed by atoms with E-state index in [1.807, 2.05) is 24.3 Å². The third-order valence-corrected chi connectivity index (χ3v) is 2.82. The zero-order chi connectivity index (χ0) is 12.5. The lowest BCUT2D eigenvalue weighted by Crippen LogP contribution is -2.08. The quantitative estimate of drug-likeness (QED) is 0.683. The maximum Gasteiger partial charge on any atom is 0.119 e. The Morgan fingerprint density at radius 3 is 2.47 bits per heavy atom. The van der Waals surface area contributed by atoms with Gasteiger partial charge in [0.25, 0.3) is 0 Å². The summed E-state index contributed by atoms with van der Waals surface area (Å²) in [5.74, 6) is 0.890. The van der Waals surface area contributed by atoms with E-state index in [0.717, 1.165) is 37.0 Å². The smallest absolute Gasteiger partial charge is 0.119 e. The average molecular weight is 237 g/mol. The van der Waals surface area contributed by atoms with Crippen LogP contribution in [0.3, 0.4) is 0 Å². The summed E-state index contributed by atoms with van der Waals surface area (Å²) in [5.41, 5.74) is 7.09. The van der Waals surface area contributed by atoms with Crippen LogP contribution in [0.1, 0.15) is 44.2 Å². The van der Waals surface area contributed by atoms with E-state index >= 15 is 0 Å². The predicted octanol–water partition coefficient (Wildman–Crippen LogP) is 2.64. The lowest BCUT2D eigenvalue weighted by Gasteiger charge is -2.10. The van der Waals surface area contributed by atoms with Gasteiger partial charge in [0.1, 0.15) is 5.75 Å². The van der Waals surface area contributed by atoms with Crippen molar-refractivity contribution in [1.82, 2.24) is 0 Å². The van der Waals surface area contributed by atoms with Crippen LogP contribution in [0.4, 0.5) is 0 Å². The fourth-order valence-corrected chi connectivity index (χ4v) is 1.63. The fourth-order valence-electron chi connectivity index (χ4n) is 1.63. The third-order valence-electron chi connectivity index (χ3n) is 2.82. The van der Waals surface area contributed by atoms with Crippen molar-refractivity contribution >= 4 is 0 Å².